The molecule has 26 heavy (non-hydrogen) atoms. The van der Waals surface area contributed by atoms with Gasteiger partial charge in [0.15, 0.2) is 5.82 Å². The van der Waals surface area contributed by atoms with E-state index in [9.17, 15) is 4.79 Å². The minimum Gasteiger partial charge on any atom is -0.338 e. The molecule has 1 aromatic carbocycles. The summed E-state index contributed by atoms with van der Waals surface area (Å²) in [6, 6.07) is 8.22. The van der Waals surface area contributed by atoms with Crippen LogP contribution in [-0.2, 0) is 24.3 Å². The van der Waals surface area contributed by atoms with Gasteiger partial charge in [0.2, 0.25) is 11.8 Å². The average Bonchev–Trinajstić information content (AvgIpc) is 3.28. The Balaban J connectivity index is 0.00000196. The molecule has 2 N–H and O–H groups in total. The summed E-state index contributed by atoms with van der Waals surface area (Å²) in [5, 5.41) is 3.94. The van der Waals surface area contributed by atoms with E-state index in [0.717, 1.165) is 44.6 Å². The monoisotopic (exact) mass is 377 g/mol. The highest BCUT2D eigenvalue weighted by atomic mass is 35.5. The topological polar surface area (TPSA) is 88.5 Å². The van der Waals surface area contributed by atoms with Crippen molar-refractivity contribution in [1.29, 1.82) is 0 Å². The summed E-state index contributed by atoms with van der Waals surface area (Å²) in [6.45, 7) is 3.47. The number of carbonyl (C=O) groups is 1. The minimum atomic E-state index is 0. The SMILES string of the molecule is Cl.NCc1nc(CN2CCC(C(=O)N3CCc4ccccc43)CC2)no1. The van der Waals surface area contributed by atoms with Crippen LogP contribution in [0.3, 0.4) is 0 Å². The van der Waals surface area contributed by atoms with Crippen LogP contribution in [0.1, 0.15) is 30.1 Å². The zero-order valence-electron chi connectivity index (χ0n) is 14.6. The lowest BCUT2D eigenvalue weighted by Crippen LogP contribution is -2.42. The Morgan fingerprint density at radius 3 is 2.73 bits per heavy atom. The Bertz CT molecular complexity index is 758. The van der Waals surface area contributed by atoms with Gasteiger partial charge < -0.3 is 15.2 Å². The Morgan fingerprint density at radius 2 is 2.00 bits per heavy atom. The maximum absolute atomic E-state index is 12.9. The molecule has 2 aliphatic rings. The maximum atomic E-state index is 12.9. The van der Waals surface area contributed by atoms with Crippen LogP contribution in [0, 0.1) is 5.92 Å². The van der Waals surface area contributed by atoms with Crippen LogP contribution in [0.2, 0.25) is 0 Å². The molecular formula is C18H24ClN5O2. The molecule has 1 fully saturated rings. The lowest BCUT2D eigenvalue weighted by Gasteiger charge is -2.32. The molecule has 0 saturated carbocycles. The molecule has 3 heterocycles. The molecule has 0 unspecified atom stereocenters. The molecule has 0 spiro atoms. The van der Waals surface area contributed by atoms with Crippen LogP contribution in [0.4, 0.5) is 5.69 Å². The summed E-state index contributed by atoms with van der Waals surface area (Å²) in [7, 11) is 0. The number of likely N-dealkylation sites (tertiary alicyclic amines) is 1. The number of hydrogen-bond acceptors (Lipinski definition) is 6. The summed E-state index contributed by atoms with van der Waals surface area (Å²) in [6.07, 6.45) is 2.71. The number of anilines is 1. The van der Waals surface area contributed by atoms with E-state index in [2.05, 4.69) is 27.2 Å². The number of para-hydroxylation sites is 1. The van der Waals surface area contributed by atoms with E-state index in [4.69, 9.17) is 10.3 Å². The van der Waals surface area contributed by atoms with Crippen molar-refractivity contribution in [2.75, 3.05) is 24.5 Å². The molecule has 4 rings (SSSR count). The highest BCUT2D eigenvalue weighted by molar-refractivity contribution is 5.97. The molecule has 0 bridgehead atoms. The first kappa shape index (κ1) is 18.8. The molecule has 0 radical (unpaired) electrons. The number of halogens is 1. The van der Waals surface area contributed by atoms with Gasteiger partial charge in [-0.2, -0.15) is 4.98 Å². The van der Waals surface area contributed by atoms with Crippen molar-refractivity contribution < 1.29 is 9.32 Å². The summed E-state index contributed by atoms with van der Waals surface area (Å²) >= 11 is 0. The van der Waals surface area contributed by atoms with Gasteiger partial charge in [0.25, 0.3) is 0 Å². The first-order valence-corrected chi connectivity index (χ1v) is 8.88. The van der Waals surface area contributed by atoms with Crippen LogP contribution in [0.25, 0.3) is 0 Å². The highest BCUT2D eigenvalue weighted by Gasteiger charge is 2.32. The molecule has 1 saturated heterocycles. The predicted octanol–water partition coefficient (Wildman–Crippen LogP) is 1.75. The normalized spacial score (nSPS) is 17.8. The lowest BCUT2D eigenvalue weighted by molar-refractivity contribution is -0.123. The Kier molecular flexibility index (Phi) is 5.90. The molecule has 0 atom stereocenters. The van der Waals surface area contributed by atoms with E-state index in [-0.39, 0.29) is 30.8 Å². The Hall–Kier alpha value is -1.96. The second kappa shape index (κ2) is 8.16. The van der Waals surface area contributed by atoms with E-state index in [0.29, 0.717) is 18.3 Å². The van der Waals surface area contributed by atoms with Gasteiger partial charge in [-0.1, -0.05) is 23.4 Å². The third-order valence-corrected chi connectivity index (χ3v) is 5.14. The number of piperidine rings is 1. The number of benzene rings is 1. The fraction of sp³-hybridized carbons (Fsp3) is 0.500. The van der Waals surface area contributed by atoms with E-state index in [1.54, 1.807) is 0 Å². The average molecular weight is 378 g/mol. The molecule has 1 aromatic heterocycles. The second-order valence-electron chi connectivity index (χ2n) is 6.73. The fourth-order valence-electron chi connectivity index (χ4n) is 3.76. The largest absolute Gasteiger partial charge is 0.338 e. The molecule has 1 amide bonds. The molecule has 7 nitrogen and oxygen atoms in total. The third-order valence-electron chi connectivity index (χ3n) is 5.14. The predicted molar refractivity (Wildman–Crippen MR) is 99.9 cm³/mol. The van der Waals surface area contributed by atoms with Gasteiger partial charge in [-0.05, 0) is 44.0 Å². The Labute approximate surface area is 158 Å². The summed E-state index contributed by atoms with van der Waals surface area (Å²) in [5.74, 6) is 1.51. The molecule has 140 valence electrons. The molecule has 2 aromatic rings. The van der Waals surface area contributed by atoms with Gasteiger partial charge in [-0.25, -0.2) is 0 Å². The zero-order valence-corrected chi connectivity index (χ0v) is 15.5. The van der Waals surface area contributed by atoms with Crippen molar-refractivity contribution in [3.8, 4) is 0 Å². The molecule has 0 aliphatic carbocycles. The Morgan fingerprint density at radius 1 is 1.23 bits per heavy atom. The number of carbonyl (C=O) groups excluding carboxylic acids is 1. The molecule has 8 heteroatoms. The van der Waals surface area contributed by atoms with Crippen molar-refractivity contribution in [3.63, 3.8) is 0 Å². The van der Waals surface area contributed by atoms with Crippen molar-refractivity contribution >= 4 is 24.0 Å². The van der Waals surface area contributed by atoms with Crippen molar-refractivity contribution in [2.24, 2.45) is 11.7 Å². The van der Waals surface area contributed by atoms with Crippen LogP contribution < -0.4 is 10.6 Å². The smallest absolute Gasteiger partial charge is 0.240 e. The quantitative estimate of drug-likeness (QED) is 0.873. The lowest BCUT2D eigenvalue weighted by atomic mass is 9.95. The summed E-state index contributed by atoms with van der Waals surface area (Å²) < 4.78 is 5.04. The number of nitrogens with two attached hydrogens (primary N) is 1. The summed E-state index contributed by atoms with van der Waals surface area (Å²) in [5.41, 5.74) is 7.86. The van der Waals surface area contributed by atoms with Crippen molar-refractivity contribution in [2.45, 2.75) is 32.4 Å². The number of hydrogen-bond donors (Lipinski definition) is 1. The van der Waals surface area contributed by atoms with Gasteiger partial charge in [0.05, 0.1) is 13.1 Å². The highest BCUT2D eigenvalue weighted by Crippen LogP contribution is 2.31. The van der Waals surface area contributed by atoms with E-state index < -0.39 is 0 Å². The van der Waals surface area contributed by atoms with Gasteiger partial charge >= 0.3 is 0 Å². The van der Waals surface area contributed by atoms with E-state index in [1.807, 2.05) is 17.0 Å². The number of nitrogens with zero attached hydrogens (tertiary/aromatic N) is 4. The van der Waals surface area contributed by atoms with Crippen LogP contribution in [0.15, 0.2) is 28.8 Å². The number of aromatic nitrogens is 2. The first-order chi connectivity index (χ1) is 12.2. The van der Waals surface area contributed by atoms with Crippen LogP contribution in [-0.4, -0.2) is 40.6 Å². The fourth-order valence-corrected chi connectivity index (χ4v) is 3.76. The van der Waals surface area contributed by atoms with E-state index in [1.165, 1.54) is 5.56 Å². The number of rotatable bonds is 4. The van der Waals surface area contributed by atoms with Gasteiger partial charge in [-0.15, -0.1) is 12.4 Å². The third kappa shape index (κ3) is 3.75. The minimum absolute atomic E-state index is 0. The standard InChI is InChI=1S/C18H23N5O2.ClH/c19-11-17-20-16(21-25-17)12-22-8-5-14(6-9-22)18(24)23-10-7-13-3-1-2-4-15(13)23;/h1-4,14H,5-12,19H2;1H. The molecule has 2 aliphatic heterocycles. The van der Waals surface area contributed by atoms with Gasteiger partial charge in [-0.3, -0.25) is 9.69 Å². The maximum Gasteiger partial charge on any atom is 0.240 e. The number of amides is 1. The molecular weight excluding hydrogens is 354 g/mol. The van der Waals surface area contributed by atoms with Crippen molar-refractivity contribution in [3.05, 3.63) is 41.5 Å². The zero-order chi connectivity index (χ0) is 17.2. The summed E-state index contributed by atoms with van der Waals surface area (Å²) in [4.78, 5) is 21.4. The van der Waals surface area contributed by atoms with Gasteiger partial charge in [0.1, 0.15) is 0 Å². The first-order valence-electron chi connectivity index (χ1n) is 8.88. The van der Waals surface area contributed by atoms with Crippen molar-refractivity contribution in [1.82, 2.24) is 15.0 Å². The second-order valence-corrected chi connectivity index (χ2v) is 6.73. The van der Waals surface area contributed by atoms with Crippen LogP contribution >= 0.6 is 12.4 Å². The van der Waals surface area contributed by atoms with E-state index >= 15 is 0 Å². The van der Waals surface area contributed by atoms with Crippen LogP contribution in [0.5, 0.6) is 0 Å². The number of fused-ring (bicyclic) bond motifs is 1. The van der Waals surface area contributed by atoms with Gasteiger partial charge in [0, 0.05) is 18.2 Å².